The van der Waals surface area contributed by atoms with Crippen LogP contribution in [-0.2, 0) is 18.3 Å². The molecule has 0 bridgehead atoms. The van der Waals surface area contributed by atoms with Gasteiger partial charge in [0, 0.05) is 25.6 Å². The van der Waals surface area contributed by atoms with E-state index in [9.17, 15) is 14.4 Å². The number of carbonyl (C=O) groups excluding carboxylic acids is 1. The van der Waals surface area contributed by atoms with Gasteiger partial charge in [-0.1, -0.05) is 34.5 Å². The second-order valence-electron chi connectivity index (χ2n) is 7.65. The molecule has 1 N–H and O–H groups in total. The van der Waals surface area contributed by atoms with Crippen LogP contribution in [0.15, 0.2) is 56.6 Å². The van der Waals surface area contributed by atoms with Gasteiger partial charge in [0.05, 0.1) is 17.8 Å². The van der Waals surface area contributed by atoms with Crippen LogP contribution in [0.3, 0.4) is 0 Å². The highest BCUT2D eigenvalue weighted by Crippen LogP contribution is 2.27. The molecular weight excluding hydrogens is 476 g/mol. The van der Waals surface area contributed by atoms with Gasteiger partial charge in [-0.05, 0) is 37.3 Å². The zero-order valence-corrected chi connectivity index (χ0v) is 19.9. The van der Waals surface area contributed by atoms with Crippen molar-refractivity contribution in [1.29, 1.82) is 0 Å². The lowest BCUT2D eigenvalue weighted by Crippen LogP contribution is -2.40. The van der Waals surface area contributed by atoms with Gasteiger partial charge in [0.1, 0.15) is 5.75 Å². The first-order chi connectivity index (χ1) is 16.8. The summed E-state index contributed by atoms with van der Waals surface area (Å²) in [6.45, 7) is 1.92. The molecule has 0 fully saturated rings. The molecule has 0 unspecified atom stereocenters. The van der Waals surface area contributed by atoms with Gasteiger partial charge in [0.2, 0.25) is 17.6 Å². The Morgan fingerprint density at radius 2 is 1.91 bits per heavy atom. The topological polar surface area (TPSA) is 134 Å². The summed E-state index contributed by atoms with van der Waals surface area (Å²) in [7, 11) is 2.85. The average molecular weight is 497 g/mol. The van der Waals surface area contributed by atoms with Crippen molar-refractivity contribution < 1.29 is 14.1 Å². The Labute approximate surface area is 203 Å². The summed E-state index contributed by atoms with van der Waals surface area (Å²) in [4.78, 5) is 41.7. The minimum atomic E-state index is -0.667. The number of hydrogen-bond acceptors (Lipinski definition) is 8. The Kier molecular flexibility index (Phi) is 6.78. The summed E-state index contributed by atoms with van der Waals surface area (Å²) < 4.78 is 12.3. The van der Waals surface area contributed by atoms with E-state index in [1.807, 2.05) is 19.1 Å². The minimum Gasteiger partial charge on any atom is -0.495 e. The lowest BCUT2D eigenvalue weighted by Gasteiger charge is -2.08. The van der Waals surface area contributed by atoms with Crippen molar-refractivity contribution in [2.75, 3.05) is 12.4 Å². The number of nitrogens with zero attached hydrogens (tertiary/aromatic N) is 5. The fourth-order valence-corrected chi connectivity index (χ4v) is 3.47. The first-order valence-corrected chi connectivity index (χ1v) is 10.9. The minimum absolute atomic E-state index is 0.0413. The summed E-state index contributed by atoms with van der Waals surface area (Å²) >= 11 is 6.07. The van der Waals surface area contributed by atoms with Gasteiger partial charge in [0.15, 0.2) is 5.69 Å². The van der Waals surface area contributed by atoms with E-state index in [0.717, 1.165) is 14.8 Å². The Morgan fingerprint density at radius 3 is 2.60 bits per heavy atom. The van der Waals surface area contributed by atoms with Crippen molar-refractivity contribution in [3.05, 3.63) is 79.8 Å². The van der Waals surface area contributed by atoms with Crippen LogP contribution in [0.4, 0.5) is 5.69 Å². The van der Waals surface area contributed by atoms with Crippen molar-refractivity contribution in [3.8, 4) is 23.0 Å². The third-order valence-corrected chi connectivity index (χ3v) is 5.43. The number of ether oxygens (including phenoxy) is 1. The number of rotatable bonds is 7. The number of nitrogens with one attached hydrogen (secondary N) is 1. The molecular formula is C23H21ClN6O5. The van der Waals surface area contributed by atoms with Crippen molar-refractivity contribution in [2.45, 2.75) is 19.8 Å². The van der Waals surface area contributed by atoms with E-state index in [2.05, 4.69) is 20.6 Å². The second-order valence-corrected chi connectivity index (χ2v) is 8.06. The molecule has 0 spiro atoms. The first kappa shape index (κ1) is 23.9. The molecule has 0 atom stereocenters. The molecule has 0 saturated carbocycles. The molecule has 1 amide bonds. The van der Waals surface area contributed by atoms with Gasteiger partial charge < -0.3 is 14.6 Å². The van der Waals surface area contributed by atoms with Crippen LogP contribution in [0.5, 0.6) is 5.75 Å². The lowest BCUT2D eigenvalue weighted by molar-refractivity contribution is -0.116. The van der Waals surface area contributed by atoms with Gasteiger partial charge in [-0.25, -0.2) is 4.79 Å². The predicted molar refractivity (Wildman–Crippen MR) is 128 cm³/mol. The highest BCUT2D eigenvalue weighted by atomic mass is 35.5. The highest BCUT2D eigenvalue weighted by molar-refractivity contribution is 6.32. The summed E-state index contributed by atoms with van der Waals surface area (Å²) in [5, 5.41) is 11.1. The maximum atomic E-state index is 12.7. The smallest absolute Gasteiger partial charge is 0.351 e. The number of aryl methyl sites for hydroxylation is 2. The number of hydrogen-bond donors (Lipinski definition) is 1. The number of aromatic nitrogens is 5. The largest absolute Gasteiger partial charge is 0.495 e. The van der Waals surface area contributed by atoms with E-state index >= 15 is 0 Å². The van der Waals surface area contributed by atoms with Crippen LogP contribution in [-0.4, -0.2) is 37.5 Å². The van der Waals surface area contributed by atoms with Crippen molar-refractivity contribution in [3.63, 3.8) is 0 Å². The summed E-state index contributed by atoms with van der Waals surface area (Å²) in [6, 6.07) is 12.0. The molecule has 12 heteroatoms. The number of methoxy groups -OCH3 is 1. The van der Waals surface area contributed by atoms with E-state index in [-0.39, 0.29) is 36.2 Å². The van der Waals surface area contributed by atoms with E-state index in [1.165, 1.54) is 14.2 Å². The van der Waals surface area contributed by atoms with Gasteiger partial charge in [0.25, 0.3) is 5.56 Å². The molecule has 2 heterocycles. The molecule has 35 heavy (non-hydrogen) atoms. The van der Waals surface area contributed by atoms with Crippen LogP contribution < -0.4 is 21.3 Å². The third kappa shape index (κ3) is 5.14. The highest BCUT2D eigenvalue weighted by Gasteiger charge is 2.19. The molecule has 0 aliphatic rings. The van der Waals surface area contributed by atoms with E-state index in [1.54, 1.807) is 30.3 Å². The first-order valence-electron chi connectivity index (χ1n) is 10.5. The second kappa shape index (κ2) is 9.94. The predicted octanol–water partition coefficient (Wildman–Crippen LogP) is 2.52. The maximum Gasteiger partial charge on any atom is 0.351 e. The summed E-state index contributed by atoms with van der Waals surface area (Å²) in [5.41, 5.74) is 0.574. The molecule has 4 rings (SSSR count). The van der Waals surface area contributed by atoms with Crippen LogP contribution in [0.25, 0.3) is 17.2 Å². The number of amides is 1. The Balaban J connectivity index is 1.51. The standard InChI is InChI=1S/C23H21ClN6O5/c1-13-4-7-15(8-5-13)30-23(33)29(2)22(32)20(27-30)21-26-19(35-28-21)11-10-18(31)25-14-6-9-17(34-3)16(24)12-14/h4-9,12H,10-11H2,1-3H3,(H,25,31). The van der Waals surface area contributed by atoms with Crippen molar-refractivity contribution >= 4 is 23.2 Å². The zero-order chi connectivity index (χ0) is 25.1. The van der Waals surface area contributed by atoms with Crippen LogP contribution in [0.2, 0.25) is 5.02 Å². The number of anilines is 1. The third-order valence-electron chi connectivity index (χ3n) is 5.14. The molecule has 0 saturated heterocycles. The van der Waals surface area contributed by atoms with E-state index < -0.39 is 11.2 Å². The molecule has 0 aliphatic carbocycles. The van der Waals surface area contributed by atoms with Crippen molar-refractivity contribution in [1.82, 2.24) is 24.5 Å². The number of carbonyl (C=O) groups is 1. The van der Waals surface area contributed by atoms with Gasteiger partial charge in [-0.2, -0.15) is 14.8 Å². The average Bonchev–Trinajstić information content (AvgIpc) is 3.31. The van der Waals surface area contributed by atoms with Gasteiger partial charge in [-0.15, -0.1) is 0 Å². The zero-order valence-electron chi connectivity index (χ0n) is 19.1. The van der Waals surface area contributed by atoms with Crippen LogP contribution >= 0.6 is 11.6 Å². The molecule has 0 aliphatic heterocycles. The monoisotopic (exact) mass is 496 g/mol. The SMILES string of the molecule is COc1ccc(NC(=O)CCc2nc(-c3nn(-c4ccc(C)cc4)c(=O)n(C)c3=O)no2)cc1Cl. The quantitative estimate of drug-likeness (QED) is 0.412. The van der Waals surface area contributed by atoms with Gasteiger partial charge in [-0.3, -0.25) is 14.2 Å². The van der Waals surface area contributed by atoms with Crippen LogP contribution in [0, 0.1) is 6.92 Å². The van der Waals surface area contributed by atoms with Crippen LogP contribution in [0.1, 0.15) is 17.9 Å². The molecule has 4 aromatic rings. The van der Waals surface area contributed by atoms with E-state index in [4.69, 9.17) is 20.9 Å². The fourth-order valence-electron chi connectivity index (χ4n) is 3.21. The Morgan fingerprint density at radius 1 is 1.17 bits per heavy atom. The number of halogens is 1. The molecule has 11 nitrogen and oxygen atoms in total. The molecule has 2 aromatic heterocycles. The summed E-state index contributed by atoms with van der Waals surface area (Å²) in [5.74, 6) is 0.258. The number of benzene rings is 2. The molecule has 180 valence electrons. The Bertz CT molecular complexity index is 1510. The lowest BCUT2D eigenvalue weighted by atomic mass is 10.2. The molecule has 0 radical (unpaired) electrons. The van der Waals surface area contributed by atoms with E-state index in [0.29, 0.717) is 22.1 Å². The maximum absolute atomic E-state index is 12.7. The summed E-state index contributed by atoms with van der Waals surface area (Å²) in [6.07, 6.45) is 0.167. The normalized spacial score (nSPS) is 10.9. The molecule has 2 aromatic carbocycles. The van der Waals surface area contributed by atoms with Crippen molar-refractivity contribution in [2.24, 2.45) is 7.05 Å². The van der Waals surface area contributed by atoms with Gasteiger partial charge >= 0.3 is 5.69 Å². The fraction of sp³-hybridized carbons (Fsp3) is 0.217. The Hall–Kier alpha value is -4.25.